The molecule has 2 aliphatic rings. The smallest absolute Gasteiger partial charge is 0.331 e. The Hall–Kier alpha value is -3.28. The van der Waals surface area contributed by atoms with Gasteiger partial charge < -0.3 is 19.5 Å². The number of ether oxygens (including phenoxy) is 3. The molecule has 1 saturated carbocycles. The van der Waals surface area contributed by atoms with Gasteiger partial charge in [0, 0.05) is 17.7 Å². The molecule has 1 N–H and O–H groups in total. The fraction of sp³-hybridized carbons (Fsp3) is 0.238. The largest absolute Gasteiger partial charge is 0.454 e. The highest BCUT2D eigenvalue weighted by atomic mass is 16.7. The van der Waals surface area contributed by atoms with Crippen LogP contribution < -0.4 is 14.8 Å². The van der Waals surface area contributed by atoms with E-state index in [1.807, 2.05) is 24.3 Å². The molecule has 0 saturated heterocycles. The Kier molecular flexibility index (Phi) is 4.78. The van der Waals surface area contributed by atoms with E-state index in [4.69, 9.17) is 14.2 Å². The first kappa shape index (κ1) is 17.1. The Morgan fingerprint density at radius 1 is 1.07 bits per heavy atom. The monoisotopic (exact) mass is 365 g/mol. The Morgan fingerprint density at radius 3 is 2.63 bits per heavy atom. The maximum absolute atomic E-state index is 12.5. The van der Waals surface area contributed by atoms with Crippen LogP contribution in [0.4, 0.5) is 0 Å². The maximum atomic E-state index is 12.5. The molecule has 1 amide bonds. The van der Waals surface area contributed by atoms with Gasteiger partial charge in [0.25, 0.3) is 5.91 Å². The van der Waals surface area contributed by atoms with E-state index in [1.54, 1.807) is 30.3 Å². The maximum Gasteiger partial charge on any atom is 0.331 e. The van der Waals surface area contributed by atoms with Crippen molar-refractivity contribution in [1.82, 2.24) is 5.32 Å². The molecular formula is C21H19NO5. The quantitative estimate of drug-likeness (QED) is 0.629. The van der Waals surface area contributed by atoms with Gasteiger partial charge in [0.05, 0.1) is 0 Å². The topological polar surface area (TPSA) is 73.9 Å². The van der Waals surface area contributed by atoms with Crippen LogP contribution in [0.2, 0.25) is 0 Å². The second kappa shape index (κ2) is 7.53. The molecule has 27 heavy (non-hydrogen) atoms. The number of amides is 1. The number of esters is 1. The van der Waals surface area contributed by atoms with Gasteiger partial charge in [0.15, 0.2) is 11.5 Å². The normalized spacial score (nSPS) is 16.1. The molecule has 1 fully saturated rings. The lowest BCUT2D eigenvalue weighted by atomic mass is 10.1. The van der Waals surface area contributed by atoms with Crippen LogP contribution in [0.15, 0.2) is 54.6 Å². The lowest BCUT2D eigenvalue weighted by Crippen LogP contribution is -2.33. The average molecular weight is 365 g/mol. The predicted octanol–water partition coefficient (Wildman–Crippen LogP) is 2.99. The van der Waals surface area contributed by atoms with E-state index in [2.05, 4.69) is 5.32 Å². The fourth-order valence-electron chi connectivity index (χ4n) is 2.74. The van der Waals surface area contributed by atoms with E-state index in [0.29, 0.717) is 17.1 Å². The van der Waals surface area contributed by atoms with Crippen molar-refractivity contribution < 1.29 is 23.8 Å². The van der Waals surface area contributed by atoms with E-state index in [-0.39, 0.29) is 18.7 Å². The SMILES string of the molecule is O=C(/C=C/c1ccc2c(c1)OCO2)O[C@@H](C(=O)NC1CC1)c1ccccc1. The second-order valence-corrected chi connectivity index (χ2v) is 6.46. The molecule has 1 atom stereocenters. The van der Waals surface area contributed by atoms with Gasteiger partial charge in [0.1, 0.15) is 0 Å². The lowest BCUT2D eigenvalue weighted by molar-refractivity contribution is -0.151. The Morgan fingerprint density at radius 2 is 1.85 bits per heavy atom. The highest BCUT2D eigenvalue weighted by molar-refractivity contribution is 5.91. The summed E-state index contributed by atoms with van der Waals surface area (Å²) in [5.74, 6) is 0.424. The van der Waals surface area contributed by atoms with Gasteiger partial charge in [-0.15, -0.1) is 0 Å². The molecule has 4 rings (SSSR count). The molecule has 2 aromatic carbocycles. The van der Waals surface area contributed by atoms with Gasteiger partial charge in [-0.3, -0.25) is 4.79 Å². The Bertz CT molecular complexity index is 873. The van der Waals surface area contributed by atoms with Crippen molar-refractivity contribution in [1.29, 1.82) is 0 Å². The summed E-state index contributed by atoms with van der Waals surface area (Å²) >= 11 is 0. The van der Waals surface area contributed by atoms with Gasteiger partial charge in [-0.25, -0.2) is 4.79 Å². The van der Waals surface area contributed by atoms with Crippen LogP contribution in [0, 0.1) is 0 Å². The van der Waals surface area contributed by atoms with Crippen molar-refractivity contribution in [3.63, 3.8) is 0 Å². The van der Waals surface area contributed by atoms with E-state index >= 15 is 0 Å². The third kappa shape index (κ3) is 4.28. The zero-order valence-corrected chi connectivity index (χ0v) is 14.6. The molecule has 1 aliphatic heterocycles. The number of benzene rings is 2. The summed E-state index contributed by atoms with van der Waals surface area (Å²) in [6.07, 6.45) is 3.88. The Labute approximate surface area is 156 Å². The van der Waals surface area contributed by atoms with Gasteiger partial charge in [0.2, 0.25) is 12.9 Å². The number of carbonyl (C=O) groups is 2. The molecule has 0 radical (unpaired) electrons. The first-order chi connectivity index (χ1) is 13.2. The van der Waals surface area contributed by atoms with Crippen molar-refractivity contribution in [2.75, 3.05) is 6.79 Å². The summed E-state index contributed by atoms with van der Waals surface area (Å²) in [6, 6.07) is 14.6. The molecular weight excluding hydrogens is 346 g/mol. The highest BCUT2D eigenvalue weighted by Crippen LogP contribution is 2.32. The first-order valence-electron chi connectivity index (χ1n) is 8.83. The van der Waals surface area contributed by atoms with E-state index < -0.39 is 12.1 Å². The van der Waals surface area contributed by atoms with Crippen LogP contribution in [-0.2, 0) is 14.3 Å². The summed E-state index contributed by atoms with van der Waals surface area (Å²) < 4.78 is 16.0. The van der Waals surface area contributed by atoms with Crippen molar-refractivity contribution in [2.45, 2.75) is 25.0 Å². The van der Waals surface area contributed by atoms with Crippen LogP contribution >= 0.6 is 0 Å². The summed E-state index contributed by atoms with van der Waals surface area (Å²) in [6.45, 7) is 0.194. The van der Waals surface area contributed by atoms with E-state index in [1.165, 1.54) is 6.08 Å². The van der Waals surface area contributed by atoms with E-state index in [9.17, 15) is 9.59 Å². The molecule has 1 aliphatic carbocycles. The lowest BCUT2D eigenvalue weighted by Gasteiger charge is -2.17. The Balaban J connectivity index is 1.45. The second-order valence-electron chi connectivity index (χ2n) is 6.46. The summed E-state index contributed by atoms with van der Waals surface area (Å²) in [5, 5.41) is 2.89. The standard InChI is InChI=1S/C21H19NO5/c23-19(11-7-14-6-10-17-18(12-14)26-13-25-17)27-20(15-4-2-1-3-5-15)21(24)22-16-8-9-16/h1-7,10-12,16,20H,8-9,13H2,(H,22,24)/b11-7+/t20-/m1/s1. The highest BCUT2D eigenvalue weighted by Gasteiger charge is 2.30. The first-order valence-corrected chi connectivity index (χ1v) is 8.83. The number of hydrogen-bond acceptors (Lipinski definition) is 5. The minimum atomic E-state index is -0.972. The molecule has 0 bridgehead atoms. The number of hydrogen-bond donors (Lipinski definition) is 1. The van der Waals surface area contributed by atoms with Crippen LogP contribution in [-0.4, -0.2) is 24.7 Å². The minimum Gasteiger partial charge on any atom is -0.454 e. The molecule has 2 aromatic rings. The number of fused-ring (bicyclic) bond motifs is 1. The molecule has 0 aromatic heterocycles. The number of carbonyl (C=O) groups excluding carboxylic acids is 2. The third-order valence-electron chi connectivity index (χ3n) is 4.31. The molecule has 6 nitrogen and oxygen atoms in total. The van der Waals surface area contributed by atoms with Crippen molar-refractivity contribution in [3.05, 3.63) is 65.7 Å². The fourth-order valence-corrected chi connectivity index (χ4v) is 2.74. The van der Waals surface area contributed by atoms with Crippen LogP contribution in [0.25, 0.3) is 6.08 Å². The van der Waals surface area contributed by atoms with Crippen molar-refractivity contribution in [2.24, 2.45) is 0 Å². The zero-order chi connectivity index (χ0) is 18.6. The van der Waals surface area contributed by atoms with Gasteiger partial charge >= 0.3 is 5.97 Å². The van der Waals surface area contributed by atoms with Crippen molar-refractivity contribution in [3.8, 4) is 11.5 Å². The molecule has 1 heterocycles. The van der Waals surface area contributed by atoms with Crippen LogP contribution in [0.3, 0.4) is 0 Å². The average Bonchev–Trinajstić information content (AvgIpc) is 3.38. The van der Waals surface area contributed by atoms with Crippen LogP contribution in [0.5, 0.6) is 11.5 Å². The van der Waals surface area contributed by atoms with Crippen LogP contribution in [0.1, 0.15) is 30.1 Å². The summed E-state index contributed by atoms with van der Waals surface area (Å²) in [4.78, 5) is 24.8. The number of nitrogens with one attached hydrogen (secondary N) is 1. The molecule has 0 unspecified atom stereocenters. The molecule has 0 spiro atoms. The predicted molar refractivity (Wildman–Crippen MR) is 98.0 cm³/mol. The number of rotatable bonds is 6. The summed E-state index contributed by atoms with van der Waals surface area (Å²) in [5.41, 5.74) is 1.41. The zero-order valence-electron chi connectivity index (χ0n) is 14.6. The van der Waals surface area contributed by atoms with E-state index in [0.717, 1.165) is 18.4 Å². The third-order valence-corrected chi connectivity index (χ3v) is 4.31. The van der Waals surface area contributed by atoms with Crippen molar-refractivity contribution >= 4 is 18.0 Å². The minimum absolute atomic E-state index is 0.187. The van der Waals surface area contributed by atoms with Gasteiger partial charge in [-0.1, -0.05) is 36.4 Å². The van der Waals surface area contributed by atoms with Gasteiger partial charge in [-0.2, -0.15) is 0 Å². The molecule has 6 heteroatoms. The molecule has 138 valence electrons. The van der Waals surface area contributed by atoms with Gasteiger partial charge in [-0.05, 0) is 36.6 Å². The summed E-state index contributed by atoms with van der Waals surface area (Å²) in [7, 11) is 0.